The Morgan fingerprint density at radius 1 is 1.28 bits per heavy atom. The monoisotopic (exact) mass is 399 g/mol. The summed E-state index contributed by atoms with van der Waals surface area (Å²) in [5.74, 6) is 2.24. The van der Waals surface area contributed by atoms with Crippen molar-refractivity contribution in [2.24, 2.45) is 5.92 Å². The second-order valence-corrected chi connectivity index (χ2v) is 8.20. The van der Waals surface area contributed by atoms with Gasteiger partial charge in [0.05, 0.1) is 18.4 Å². The number of benzene rings is 1. The molecule has 1 aromatic carbocycles. The van der Waals surface area contributed by atoms with E-state index in [1.165, 1.54) is 12.8 Å². The molecule has 1 saturated carbocycles. The molecule has 1 N–H and O–H groups in total. The second kappa shape index (κ2) is 8.06. The molecule has 0 spiro atoms. The van der Waals surface area contributed by atoms with E-state index in [1.807, 2.05) is 13.8 Å². The Kier molecular flexibility index (Phi) is 5.50. The van der Waals surface area contributed by atoms with E-state index in [-0.39, 0.29) is 11.9 Å². The van der Waals surface area contributed by atoms with Gasteiger partial charge in [-0.2, -0.15) is 0 Å². The second-order valence-electron chi connectivity index (χ2n) is 8.20. The number of aromatic nitrogens is 1. The SMILES string of the molecule is COc1cc(C(=O)N[C@H]2CN(C3CC3)C[C@@H]2C)ccc1OCc1c(C)noc1C. The normalized spacial score (nSPS) is 21.9. The van der Waals surface area contributed by atoms with E-state index in [9.17, 15) is 4.79 Å². The van der Waals surface area contributed by atoms with Gasteiger partial charge >= 0.3 is 0 Å². The van der Waals surface area contributed by atoms with Crippen LogP contribution >= 0.6 is 0 Å². The zero-order valence-corrected chi connectivity index (χ0v) is 17.5. The van der Waals surface area contributed by atoms with Crippen molar-refractivity contribution in [1.82, 2.24) is 15.4 Å². The first kappa shape index (κ1) is 19.8. The number of amides is 1. The van der Waals surface area contributed by atoms with Gasteiger partial charge in [0, 0.05) is 30.7 Å². The summed E-state index contributed by atoms with van der Waals surface area (Å²) in [6.45, 7) is 8.28. The highest BCUT2D eigenvalue weighted by Gasteiger charge is 2.38. The fourth-order valence-electron chi connectivity index (χ4n) is 3.97. The van der Waals surface area contributed by atoms with Gasteiger partial charge in [-0.3, -0.25) is 9.69 Å². The van der Waals surface area contributed by atoms with E-state index in [1.54, 1.807) is 25.3 Å². The van der Waals surface area contributed by atoms with Gasteiger partial charge in [-0.25, -0.2) is 0 Å². The zero-order valence-electron chi connectivity index (χ0n) is 17.5. The van der Waals surface area contributed by atoms with Crippen molar-refractivity contribution < 1.29 is 18.8 Å². The minimum absolute atomic E-state index is 0.0740. The molecule has 0 bridgehead atoms. The van der Waals surface area contributed by atoms with E-state index < -0.39 is 0 Å². The lowest BCUT2D eigenvalue weighted by atomic mass is 10.1. The molecule has 156 valence electrons. The maximum atomic E-state index is 12.8. The van der Waals surface area contributed by atoms with E-state index in [0.717, 1.165) is 36.1 Å². The highest BCUT2D eigenvalue weighted by molar-refractivity contribution is 5.95. The first-order chi connectivity index (χ1) is 14.0. The number of likely N-dealkylation sites (tertiary alicyclic amines) is 1. The van der Waals surface area contributed by atoms with E-state index >= 15 is 0 Å². The van der Waals surface area contributed by atoms with Gasteiger partial charge in [-0.05, 0) is 50.8 Å². The molecular weight excluding hydrogens is 370 g/mol. The number of methoxy groups -OCH3 is 1. The number of ether oxygens (including phenoxy) is 2. The van der Waals surface area contributed by atoms with Crippen LogP contribution in [0.4, 0.5) is 0 Å². The summed E-state index contributed by atoms with van der Waals surface area (Å²) >= 11 is 0. The van der Waals surface area contributed by atoms with Crippen molar-refractivity contribution in [2.75, 3.05) is 20.2 Å². The van der Waals surface area contributed by atoms with Crippen molar-refractivity contribution in [2.45, 2.75) is 52.3 Å². The van der Waals surface area contributed by atoms with Gasteiger partial charge in [-0.1, -0.05) is 12.1 Å². The number of nitrogens with zero attached hydrogens (tertiary/aromatic N) is 2. The Balaban J connectivity index is 1.41. The highest BCUT2D eigenvalue weighted by Crippen LogP contribution is 2.32. The number of carbonyl (C=O) groups is 1. The molecule has 1 aliphatic heterocycles. The third-order valence-corrected chi connectivity index (χ3v) is 6.00. The number of nitrogens with one attached hydrogen (secondary N) is 1. The van der Waals surface area contributed by atoms with E-state index in [2.05, 4.69) is 22.3 Å². The van der Waals surface area contributed by atoms with Crippen LogP contribution in [0, 0.1) is 19.8 Å². The average molecular weight is 399 g/mol. The van der Waals surface area contributed by atoms with Crippen LogP contribution in [0.25, 0.3) is 0 Å². The Labute approximate surface area is 171 Å². The number of carbonyl (C=O) groups excluding carboxylic acids is 1. The smallest absolute Gasteiger partial charge is 0.251 e. The summed E-state index contributed by atoms with van der Waals surface area (Å²) in [5, 5.41) is 7.14. The molecule has 2 atom stereocenters. The van der Waals surface area contributed by atoms with E-state index in [0.29, 0.717) is 29.6 Å². The summed E-state index contributed by atoms with van der Waals surface area (Å²) < 4.78 is 16.5. The Morgan fingerprint density at radius 2 is 2.07 bits per heavy atom. The van der Waals surface area contributed by atoms with Gasteiger partial charge < -0.3 is 19.3 Å². The standard InChI is InChI=1S/C22H29N3O4/c1-13-10-25(17-6-7-17)11-19(13)23-22(26)16-5-8-20(21(9-16)27-4)28-12-18-14(2)24-29-15(18)3/h5,8-9,13,17,19H,6-7,10-12H2,1-4H3,(H,23,26)/t13-,19-/m0/s1. The largest absolute Gasteiger partial charge is 0.493 e. The Hall–Kier alpha value is -2.54. The molecule has 0 radical (unpaired) electrons. The molecule has 1 aliphatic carbocycles. The molecule has 1 amide bonds. The quantitative estimate of drug-likeness (QED) is 0.771. The topological polar surface area (TPSA) is 76.8 Å². The first-order valence-electron chi connectivity index (χ1n) is 10.2. The van der Waals surface area contributed by atoms with Gasteiger partial charge in [-0.15, -0.1) is 0 Å². The lowest BCUT2D eigenvalue weighted by molar-refractivity contribution is 0.0931. The minimum atomic E-state index is -0.0740. The molecule has 7 heteroatoms. The highest BCUT2D eigenvalue weighted by atomic mass is 16.5. The average Bonchev–Trinajstić information content (AvgIpc) is 3.43. The van der Waals surface area contributed by atoms with Crippen LogP contribution in [0.2, 0.25) is 0 Å². The fraction of sp³-hybridized carbons (Fsp3) is 0.545. The van der Waals surface area contributed by atoms with Crippen LogP contribution in [0.3, 0.4) is 0 Å². The summed E-state index contributed by atoms with van der Waals surface area (Å²) in [4.78, 5) is 15.3. The van der Waals surface area contributed by atoms with Crippen LogP contribution in [0.15, 0.2) is 22.7 Å². The first-order valence-corrected chi connectivity index (χ1v) is 10.2. The van der Waals surface area contributed by atoms with Crippen LogP contribution in [0.5, 0.6) is 11.5 Å². The number of rotatable bonds is 7. The number of aryl methyl sites for hydroxylation is 2. The Bertz CT molecular complexity index is 871. The predicted molar refractivity (Wildman–Crippen MR) is 108 cm³/mol. The summed E-state index contributed by atoms with van der Waals surface area (Å²) in [6.07, 6.45) is 2.58. The molecule has 1 aromatic heterocycles. The number of hydrogen-bond acceptors (Lipinski definition) is 6. The van der Waals surface area contributed by atoms with Crippen LogP contribution in [0.1, 0.15) is 47.1 Å². The molecule has 0 unspecified atom stereocenters. The van der Waals surface area contributed by atoms with Crippen molar-refractivity contribution in [3.8, 4) is 11.5 Å². The molecule has 2 aliphatic rings. The lowest BCUT2D eigenvalue weighted by Gasteiger charge is -2.18. The van der Waals surface area contributed by atoms with Crippen molar-refractivity contribution >= 4 is 5.91 Å². The molecule has 1 saturated heterocycles. The summed E-state index contributed by atoms with van der Waals surface area (Å²) in [5.41, 5.74) is 2.30. The third kappa shape index (κ3) is 4.24. The molecule has 7 nitrogen and oxygen atoms in total. The zero-order chi connectivity index (χ0) is 20.5. The predicted octanol–water partition coefficient (Wildman–Crippen LogP) is 3.09. The van der Waals surface area contributed by atoms with Gasteiger partial charge in [0.15, 0.2) is 11.5 Å². The van der Waals surface area contributed by atoms with Gasteiger partial charge in [0.1, 0.15) is 12.4 Å². The summed E-state index contributed by atoms with van der Waals surface area (Å²) in [6, 6.07) is 6.20. The molecule has 2 aromatic rings. The maximum absolute atomic E-state index is 12.8. The molecule has 2 heterocycles. The van der Waals surface area contributed by atoms with Gasteiger partial charge in [0.25, 0.3) is 5.91 Å². The van der Waals surface area contributed by atoms with Crippen LogP contribution in [-0.2, 0) is 6.61 Å². The fourth-order valence-corrected chi connectivity index (χ4v) is 3.97. The van der Waals surface area contributed by atoms with E-state index in [4.69, 9.17) is 14.0 Å². The third-order valence-electron chi connectivity index (χ3n) is 6.00. The van der Waals surface area contributed by atoms with Crippen molar-refractivity contribution in [1.29, 1.82) is 0 Å². The lowest BCUT2D eigenvalue weighted by Crippen LogP contribution is -2.40. The molecule has 2 fully saturated rings. The minimum Gasteiger partial charge on any atom is -0.493 e. The van der Waals surface area contributed by atoms with Crippen LogP contribution < -0.4 is 14.8 Å². The van der Waals surface area contributed by atoms with Gasteiger partial charge in [0.2, 0.25) is 0 Å². The molecule has 29 heavy (non-hydrogen) atoms. The summed E-state index contributed by atoms with van der Waals surface area (Å²) in [7, 11) is 1.58. The Morgan fingerprint density at radius 3 is 2.72 bits per heavy atom. The molecular formula is C22H29N3O4. The van der Waals surface area contributed by atoms with Crippen molar-refractivity contribution in [3.05, 3.63) is 40.8 Å². The maximum Gasteiger partial charge on any atom is 0.251 e. The van der Waals surface area contributed by atoms with Crippen molar-refractivity contribution in [3.63, 3.8) is 0 Å². The molecule has 4 rings (SSSR count). The number of hydrogen-bond donors (Lipinski definition) is 1. The van der Waals surface area contributed by atoms with Crippen LogP contribution in [-0.4, -0.2) is 48.2 Å².